The van der Waals surface area contributed by atoms with Gasteiger partial charge in [-0.15, -0.1) is 11.6 Å². The van der Waals surface area contributed by atoms with Crippen molar-refractivity contribution < 1.29 is 4.79 Å². The molecule has 3 heteroatoms. The van der Waals surface area contributed by atoms with E-state index >= 15 is 0 Å². The van der Waals surface area contributed by atoms with E-state index in [1.165, 1.54) is 6.42 Å². The van der Waals surface area contributed by atoms with Crippen molar-refractivity contribution in [2.24, 2.45) is 5.92 Å². The number of hydrogen-bond acceptors (Lipinski definition) is 1. The van der Waals surface area contributed by atoms with E-state index in [4.69, 9.17) is 11.6 Å². The first-order valence-electron chi connectivity index (χ1n) is 5.71. The van der Waals surface area contributed by atoms with Gasteiger partial charge in [0.2, 0.25) is 5.91 Å². The molecule has 1 aromatic carbocycles. The molecule has 0 radical (unpaired) electrons. The zero-order valence-electron chi connectivity index (χ0n) is 9.21. The van der Waals surface area contributed by atoms with Crippen LogP contribution < -0.4 is 5.32 Å². The summed E-state index contributed by atoms with van der Waals surface area (Å²) in [4.78, 5) is 11.6. The second-order valence-electron chi connectivity index (χ2n) is 4.30. The second kappa shape index (κ2) is 5.35. The molecule has 0 saturated heterocycles. The summed E-state index contributed by atoms with van der Waals surface area (Å²) >= 11 is 5.76. The molecule has 1 amide bonds. The zero-order chi connectivity index (χ0) is 11.4. The summed E-state index contributed by atoms with van der Waals surface area (Å²) in [6.45, 7) is 0.611. The van der Waals surface area contributed by atoms with Gasteiger partial charge in [0.1, 0.15) is 0 Å². The van der Waals surface area contributed by atoms with Crippen molar-refractivity contribution >= 4 is 17.5 Å². The fourth-order valence-corrected chi connectivity index (χ4v) is 1.99. The molecule has 0 unspecified atom stereocenters. The molecule has 1 fully saturated rings. The van der Waals surface area contributed by atoms with Crippen molar-refractivity contribution in [2.75, 3.05) is 0 Å². The lowest BCUT2D eigenvalue weighted by Crippen LogP contribution is -2.33. The highest BCUT2D eigenvalue weighted by Gasteiger charge is 2.24. The van der Waals surface area contributed by atoms with Crippen LogP contribution in [0.1, 0.15) is 30.4 Å². The molecule has 2 nitrogen and oxygen atoms in total. The molecule has 2 rings (SSSR count). The Balaban J connectivity index is 1.86. The first kappa shape index (κ1) is 11.5. The number of halogens is 1. The highest BCUT2D eigenvalue weighted by molar-refractivity contribution is 6.17. The molecule has 1 aliphatic carbocycles. The highest BCUT2D eigenvalue weighted by Crippen LogP contribution is 2.26. The van der Waals surface area contributed by atoms with Crippen LogP contribution in [-0.4, -0.2) is 5.91 Å². The SMILES string of the molecule is O=C(NCc1cccc(CCl)c1)C1CCC1. The maximum absolute atomic E-state index is 11.6. The Morgan fingerprint density at radius 1 is 1.38 bits per heavy atom. The van der Waals surface area contributed by atoms with Crippen LogP contribution in [0.4, 0.5) is 0 Å². The number of benzene rings is 1. The van der Waals surface area contributed by atoms with Crippen molar-refractivity contribution in [3.05, 3.63) is 35.4 Å². The van der Waals surface area contributed by atoms with E-state index in [-0.39, 0.29) is 11.8 Å². The smallest absolute Gasteiger partial charge is 0.223 e. The molecular formula is C13H16ClNO. The topological polar surface area (TPSA) is 29.1 Å². The largest absolute Gasteiger partial charge is 0.352 e. The third-order valence-electron chi connectivity index (χ3n) is 3.09. The molecule has 16 heavy (non-hydrogen) atoms. The maximum atomic E-state index is 11.6. The minimum Gasteiger partial charge on any atom is -0.352 e. The summed E-state index contributed by atoms with van der Waals surface area (Å²) in [5.41, 5.74) is 2.21. The lowest BCUT2D eigenvalue weighted by Gasteiger charge is -2.24. The van der Waals surface area contributed by atoms with Crippen LogP contribution in [0.25, 0.3) is 0 Å². The van der Waals surface area contributed by atoms with E-state index in [1.807, 2.05) is 24.3 Å². The van der Waals surface area contributed by atoms with E-state index in [2.05, 4.69) is 5.32 Å². The summed E-state index contributed by atoms with van der Waals surface area (Å²) in [6.07, 6.45) is 3.29. The van der Waals surface area contributed by atoms with Crippen LogP contribution in [0.5, 0.6) is 0 Å². The lowest BCUT2D eigenvalue weighted by molar-refractivity contribution is -0.127. The van der Waals surface area contributed by atoms with Crippen LogP contribution >= 0.6 is 11.6 Å². The van der Waals surface area contributed by atoms with E-state index in [0.717, 1.165) is 24.0 Å². The first-order chi connectivity index (χ1) is 7.79. The van der Waals surface area contributed by atoms with E-state index in [0.29, 0.717) is 12.4 Å². The van der Waals surface area contributed by atoms with Crippen LogP contribution in [0.2, 0.25) is 0 Å². The van der Waals surface area contributed by atoms with Gasteiger partial charge in [-0.2, -0.15) is 0 Å². The van der Waals surface area contributed by atoms with Gasteiger partial charge in [-0.1, -0.05) is 30.7 Å². The van der Waals surface area contributed by atoms with Crippen molar-refractivity contribution in [3.8, 4) is 0 Å². The summed E-state index contributed by atoms with van der Waals surface area (Å²) in [5.74, 6) is 0.975. The Hall–Kier alpha value is -1.02. The molecule has 86 valence electrons. The predicted octanol–water partition coefficient (Wildman–Crippen LogP) is 2.84. The third kappa shape index (κ3) is 2.76. The average molecular weight is 238 g/mol. The van der Waals surface area contributed by atoms with Gasteiger partial charge in [0.25, 0.3) is 0 Å². The number of amides is 1. The Labute approximate surface area is 101 Å². The minimum atomic E-state index is 0.197. The quantitative estimate of drug-likeness (QED) is 0.802. The van der Waals surface area contributed by atoms with Gasteiger partial charge in [0, 0.05) is 18.3 Å². The third-order valence-corrected chi connectivity index (χ3v) is 3.40. The van der Waals surface area contributed by atoms with Crippen LogP contribution in [0.15, 0.2) is 24.3 Å². The molecule has 1 aromatic rings. The molecule has 0 bridgehead atoms. The van der Waals surface area contributed by atoms with E-state index in [1.54, 1.807) is 0 Å². The van der Waals surface area contributed by atoms with E-state index < -0.39 is 0 Å². The van der Waals surface area contributed by atoms with Crippen molar-refractivity contribution in [1.82, 2.24) is 5.32 Å². The average Bonchev–Trinajstić information content (AvgIpc) is 2.24. The van der Waals surface area contributed by atoms with Gasteiger partial charge in [-0.25, -0.2) is 0 Å². The lowest BCUT2D eigenvalue weighted by atomic mass is 9.85. The van der Waals surface area contributed by atoms with Gasteiger partial charge < -0.3 is 5.32 Å². The summed E-state index contributed by atoms with van der Waals surface area (Å²) in [5, 5.41) is 2.97. The number of alkyl halides is 1. The number of carbonyl (C=O) groups excluding carboxylic acids is 1. The molecule has 0 heterocycles. The number of carbonyl (C=O) groups is 1. The Bertz CT molecular complexity index is 374. The molecule has 0 atom stereocenters. The first-order valence-corrected chi connectivity index (χ1v) is 6.24. The van der Waals surface area contributed by atoms with Crippen LogP contribution in [0, 0.1) is 5.92 Å². The summed E-state index contributed by atoms with van der Waals surface area (Å²) < 4.78 is 0. The van der Waals surface area contributed by atoms with Gasteiger partial charge in [-0.3, -0.25) is 4.79 Å². The fraction of sp³-hybridized carbons (Fsp3) is 0.462. The summed E-state index contributed by atoms with van der Waals surface area (Å²) in [7, 11) is 0. The van der Waals surface area contributed by atoms with Crippen LogP contribution in [-0.2, 0) is 17.2 Å². The molecule has 0 spiro atoms. The molecule has 1 N–H and O–H groups in total. The summed E-state index contributed by atoms with van der Waals surface area (Å²) in [6, 6.07) is 8.01. The van der Waals surface area contributed by atoms with Crippen molar-refractivity contribution in [2.45, 2.75) is 31.7 Å². The Kier molecular flexibility index (Phi) is 3.83. The van der Waals surface area contributed by atoms with Gasteiger partial charge in [0.05, 0.1) is 0 Å². The standard InChI is InChI=1S/C13H16ClNO/c14-8-10-3-1-4-11(7-10)9-15-13(16)12-5-2-6-12/h1,3-4,7,12H,2,5-6,8-9H2,(H,15,16). The molecule has 1 saturated carbocycles. The molecular weight excluding hydrogens is 222 g/mol. The van der Waals surface area contributed by atoms with Crippen LogP contribution in [0.3, 0.4) is 0 Å². The maximum Gasteiger partial charge on any atom is 0.223 e. The van der Waals surface area contributed by atoms with E-state index in [9.17, 15) is 4.79 Å². The van der Waals surface area contributed by atoms with Gasteiger partial charge in [-0.05, 0) is 24.0 Å². The van der Waals surface area contributed by atoms with Crippen molar-refractivity contribution in [1.29, 1.82) is 0 Å². The highest BCUT2D eigenvalue weighted by atomic mass is 35.5. The number of nitrogens with one attached hydrogen (secondary N) is 1. The second-order valence-corrected chi connectivity index (χ2v) is 4.57. The Morgan fingerprint density at radius 2 is 2.12 bits per heavy atom. The minimum absolute atomic E-state index is 0.197. The monoisotopic (exact) mass is 237 g/mol. The Morgan fingerprint density at radius 3 is 2.75 bits per heavy atom. The molecule has 0 aliphatic heterocycles. The van der Waals surface area contributed by atoms with Crippen molar-refractivity contribution in [3.63, 3.8) is 0 Å². The number of rotatable bonds is 4. The fourth-order valence-electron chi connectivity index (χ4n) is 1.83. The number of hydrogen-bond donors (Lipinski definition) is 1. The predicted molar refractivity (Wildman–Crippen MR) is 65.2 cm³/mol. The normalized spacial score (nSPS) is 15.6. The van der Waals surface area contributed by atoms with Gasteiger partial charge >= 0.3 is 0 Å². The molecule has 0 aromatic heterocycles. The zero-order valence-corrected chi connectivity index (χ0v) is 9.96. The molecule has 1 aliphatic rings. The van der Waals surface area contributed by atoms with Gasteiger partial charge in [0.15, 0.2) is 0 Å².